The van der Waals surface area contributed by atoms with Gasteiger partial charge >= 0.3 is 12.3 Å². The minimum absolute atomic E-state index is 0.00142. The summed E-state index contributed by atoms with van der Waals surface area (Å²) in [6, 6.07) is 11.6. The monoisotopic (exact) mass is 514 g/mol. The van der Waals surface area contributed by atoms with E-state index in [2.05, 4.69) is 30.9 Å². The van der Waals surface area contributed by atoms with E-state index in [0.717, 1.165) is 11.1 Å². The van der Waals surface area contributed by atoms with Gasteiger partial charge in [0.05, 0.1) is 5.56 Å². The van der Waals surface area contributed by atoms with Crippen LogP contribution in [0.15, 0.2) is 40.9 Å². The zero-order chi connectivity index (χ0) is 27.0. The van der Waals surface area contributed by atoms with E-state index in [1.807, 2.05) is 24.3 Å². The molecule has 0 aliphatic carbocycles. The highest BCUT2D eigenvalue weighted by atomic mass is 19.4. The average Bonchev–Trinajstić information content (AvgIpc) is 3.23. The number of amides is 1. The zero-order valence-electron chi connectivity index (χ0n) is 20.5. The Morgan fingerprint density at radius 3 is 2.59 bits per heavy atom. The molecule has 8 nitrogen and oxygen atoms in total. The van der Waals surface area contributed by atoms with Crippen molar-refractivity contribution in [2.45, 2.75) is 39.3 Å². The maximum absolute atomic E-state index is 12.5. The molecule has 1 aromatic heterocycles. The van der Waals surface area contributed by atoms with Gasteiger partial charge in [0.15, 0.2) is 6.61 Å². The normalized spacial score (nSPS) is 16.0. The van der Waals surface area contributed by atoms with E-state index in [1.54, 1.807) is 0 Å². The molecule has 1 aliphatic heterocycles. The van der Waals surface area contributed by atoms with Crippen LogP contribution in [0.1, 0.15) is 43.4 Å². The molecule has 37 heavy (non-hydrogen) atoms. The number of benzene rings is 2. The first-order chi connectivity index (χ1) is 17.4. The summed E-state index contributed by atoms with van der Waals surface area (Å²) >= 11 is 0. The second-order valence-corrected chi connectivity index (χ2v) is 9.96. The summed E-state index contributed by atoms with van der Waals surface area (Å²) in [7, 11) is 0. The van der Waals surface area contributed by atoms with Gasteiger partial charge in [0.25, 0.3) is 5.89 Å². The van der Waals surface area contributed by atoms with Crippen LogP contribution in [0, 0.1) is 16.7 Å². The minimum atomic E-state index is -4.53. The number of hydrogen-bond acceptors (Lipinski definition) is 6. The van der Waals surface area contributed by atoms with Gasteiger partial charge in [-0.15, -0.1) is 0 Å². The Balaban J connectivity index is 1.62. The van der Waals surface area contributed by atoms with Crippen LogP contribution in [0.5, 0.6) is 5.75 Å². The number of hydrogen-bond donors (Lipinski definition) is 1. The molecular formula is C26H25F3N4O4. The van der Waals surface area contributed by atoms with Gasteiger partial charge in [-0.25, -0.2) is 4.79 Å². The molecular weight excluding hydrogens is 489 g/mol. The fourth-order valence-electron chi connectivity index (χ4n) is 4.37. The van der Waals surface area contributed by atoms with Crippen LogP contribution in [0.2, 0.25) is 0 Å². The Kier molecular flexibility index (Phi) is 6.86. The lowest BCUT2D eigenvalue weighted by Gasteiger charge is -2.33. The highest BCUT2D eigenvalue weighted by Crippen LogP contribution is 2.40. The number of halogens is 3. The van der Waals surface area contributed by atoms with Crippen molar-refractivity contribution >= 4 is 6.09 Å². The Morgan fingerprint density at radius 1 is 1.22 bits per heavy atom. The van der Waals surface area contributed by atoms with Gasteiger partial charge in [-0.05, 0) is 47.2 Å². The molecule has 1 aliphatic rings. The van der Waals surface area contributed by atoms with E-state index in [-0.39, 0.29) is 28.5 Å². The lowest BCUT2D eigenvalue weighted by atomic mass is 9.75. The van der Waals surface area contributed by atoms with Crippen molar-refractivity contribution in [2.75, 3.05) is 19.7 Å². The molecule has 1 atom stereocenters. The lowest BCUT2D eigenvalue weighted by Crippen LogP contribution is -2.36. The number of carbonyl (C=O) groups is 1. The Hall–Kier alpha value is -4.07. The van der Waals surface area contributed by atoms with Gasteiger partial charge in [0.1, 0.15) is 11.8 Å². The van der Waals surface area contributed by atoms with E-state index in [0.29, 0.717) is 36.5 Å². The Labute approximate surface area is 211 Å². The van der Waals surface area contributed by atoms with Crippen LogP contribution < -0.4 is 4.74 Å². The van der Waals surface area contributed by atoms with Crippen LogP contribution in [0.25, 0.3) is 22.8 Å². The van der Waals surface area contributed by atoms with Crippen molar-refractivity contribution in [1.29, 1.82) is 5.26 Å². The third-order valence-electron chi connectivity index (χ3n) is 6.31. The molecule has 1 N–H and O–H groups in total. The van der Waals surface area contributed by atoms with Gasteiger partial charge in [-0.3, -0.25) is 0 Å². The highest BCUT2D eigenvalue weighted by Gasteiger charge is 2.34. The molecule has 0 saturated heterocycles. The molecule has 11 heteroatoms. The number of carboxylic acid groups (broad SMARTS) is 1. The fourth-order valence-corrected chi connectivity index (χ4v) is 4.37. The smallest absolute Gasteiger partial charge is 0.422 e. The molecule has 2 heterocycles. The largest absolute Gasteiger partial charge is 0.483 e. The van der Waals surface area contributed by atoms with E-state index in [1.165, 1.54) is 23.1 Å². The number of nitriles is 1. The van der Waals surface area contributed by atoms with Crippen molar-refractivity contribution in [3.8, 4) is 34.7 Å². The number of fused-ring (bicyclic) bond motifs is 1. The molecule has 0 saturated carbocycles. The van der Waals surface area contributed by atoms with Crippen LogP contribution >= 0.6 is 0 Å². The summed E-state index contributed by atoms with van der Waals surface area (Å²) in [5, 5.41) is 23.0. The molecule has 194 valence electrons. The van der Waals surface area contributed by atoms with Gasteiger partial charge in [0, 0.05) is 30.1 Å². The minimum Gasteiger partial charge on any atom is -0.483 e. The van der Waals surface area contributed by atoms with Gasteiger partial charge in [0.2, 0.25) is 5.82 Å². The summed E-state index contributed by atoms with van der Waals surface area (Å²) in [6.45, 7) is 5.52. The van der Waals surface area contributed by atoms with Crippen molar-refractivity contribution in [3.63, 3.8) is 0 Å². The number of rotatable bonds is 4. The molecule has 0 radical (unpaired) electrons. The van der Waals surface area contributed by atoms with E-state index >= 15 is 0 Å². The second-order valence-electron chi connectivity index (χ2n) is 9.96. The molecule has 2 aromatic carbocycles. The van der Waals surface area contributed by atoms with Gasteiger partial charge < -0.3 is 19.3 Å². The van der Waals surface area contributed by atoms with E-state index in [9.17, 15) is 28.3 Å². The van der Waals surface area contributed by atoms with Crippen LogP contribution in [0.3, 0.4) is 0 Å². The summed E-state index contributed by atoms with van der Waals surface area (Å²) in [5.41, 5.74) is 2.86. The summed E-state index contributed by atoms with van der Waals surface area (Å²) in [4.78, 5) is 17.6. The van der Waals surface area contributed by atoms with Crippen molar-refractivity contribution < 1.29 is 32.3 Å². The quantitative estimate of drug-likeness (QED) is 0.462. The number of nitrogens with zero attached hydrogens (tertiary/aromatic N) is 4. The lowest BCUT2D eigenvalue weighted by molar-refractivity contribution is -0.153. The SMILES string of the molecule is CC(C)(C)C1CN(C(=O)O)CCc2cc(-c3noc(-c4ccc(OCC(F)(F)F)c(C#N)c4)n3)ccc21. The van der Waals surface area contributed by atoms with Crippen LogP contribution in [0.4, 0.5) is 18.0 Å². The molecule has 0 bridgehead atoms. The first-order valence-electron chi connectivity index (χ1n) is 11.5. The first kappa shape index (κ1) is 26.0. The van der Waals surface area contributed by atoms with Crippen molar-refractivity contribution in [3.05, 3.63) is 53.1 Å². The fraction of sp³-hybridized carbons (Fsp3) is 0.385. The highest BCUT2D eigenvalue weighted by molar-refractivity contribution is 5.66. The summed E-state index contributed by atoms with van der Waals surface area (Å²) < 4.78 is 47.5. The molecule has 0 spiro atoms. The van der Waals surface area contributed by atoms with Crippen molar-refractivity contribution in [2.24, 2.45) is 5.41 Å². The Morgan fingerprint density at radius 2 is 1.95 bits per heavy atom. The Bertz CT molecular complexity index is 1360. The molecule has 1 amide bonds. The van der Waals surface area contributed by atoms with Gasteiger partial charge in [-0.2, -0.15) is 23.4 Å². The van der Waals surface area contributed by atoms with Crippen LogP contribution in [-0.2, 0) is 6.42 Å². The van der Waals surface area contributed by atoms with E-state index in [4.69, 9.17) is 9.26 Å². The predicted molar refractivity (Wildman–Crippen MR) is 127 cm³/mol. The maximum atomic E-state index is 12.5. The molecule has 3 aromatic rings. The summed E-state index contributed by atoms with van der Waals surface area (Å²) in [5.74, 6) is 0.185. The third-order valence-corrected chi connectivity index (χ3v) is 6.31. The van der Waals surface area contributed by atoms with Gasteiger partial charge in [-0.1, -0.05) is 38.1 Å². The van der Waals surface area contributed by atoms with Crippen molar-refractivity contribution in [1.82, 2.24) is 15.0 Å². The molecule has 4 rings (SSSR count). The topological polar surface area (TPSA) is 112 Å². The standard InChI is InChI=1S/C26H25F3N4O4/c1-25(2,3)20-13-33(24(34)35)9-8-15-10-16(4-6-19(15)20)22-31-23(37-32-22)17-5-7-21(18(11-17)12-30)36-14-26(27,28)29/h4-7,10-11,20H,8-9,13-14H2,1-3H3,(H,34,35). The zero-order valence-corrected chi connectivity index (χ0v) is 20.5. The summed E-state index contributed by atoms with van der Waals surface area (Å²) in [6.07, 6.45) is -4.94. The third kappa shape index (κ3) is 5.85. The first-order valence-corrected chi connectivity index (χ1v) is 11.5. The second kappa shape index (κ2) is 9.76. The molecule has 1 unspecified atom stereocenters. The number of alkyl halides is 3. The number of ether oxygens (including phenoxy) is 1. The number of aromatic nitrogens is 2. The van der Waals surface area contributed by atoms with E-state index < -0.39 is 18.9 Å². The average molecular weight is 515 g/mol. The van der Waals surface area contributed by atoms with Crippen LogP contribution in [-0.4, -0.2) is 52.1 Å². The molecule has 0 fully saturated rings. The maximum Gasteiger partial charge on any atom is 0.422 e. The predicted octanol–water partition coefficient (Wildman–Crippen LogP) is 5.88.